The molecule has 0 bridgehead atoms. The number of nitrogen functional groups attached to an aromatic ring is 1. The Hall–Kier alpha value is -2.46. The third-order valence-corrected chi connectivity index (χ3v) is 5.95. The molecule has 0 spiro atoms. The minimum Gasteiger partial charge on any atom is -0.397 e. The van der Waals surface area contributed by atoms with Gasteiger partial charge in [-0.15, -0.1) is 11.6 Å². The van der Waals surface area contributed by atoms with E-state index < -0.39 is 5.67 Å². The van der Waals surface area contributed by atoms with Gasteiger partial charge in [-0.2, -0.15) is 0 Å². The Morgan fingerprint density at radius 2 is 1.86 bits per heavy atom. The van der Waals surface area contributed by atoms with Crippen molar-refractivity contribution < 1.29 is 4.39 Å². The van der Waals surface area contributed by atoms with Crippen LogP contribution in [-0.2, 0) is 0 Å². The Bertz CT molecular complexity index is 973. The van der Waals surface area contributed by atoms with E-state index in [1.165, 1.54) is 13.8 Å². The van der Waals surface area contributed by atoms with E-state index in [1.807, 2.05) is 44.2 Å². The smallest absolute Gasteiger partial charge is 0.144 e. The molecular weight excluding hydrogens is 385 g/mol. The summed E-state index contributed by atoms with van der Waals surface area (Å²) < 4.78 is 14.2. The summed E-state index contributed by atoms with van der Waals surface area (Å²) in [5, 5.41) is 6.40. The van der Waals surface area contributed by atoms with E-state index in [2.05, 4.69) is 29.9 Å². The summed E-state index contributed by atoms with van der Waals surface area (Å²) in [4.78, 5) is -0.200. The Kier molecular flexibility index (Phi) is 5.44. The van der Waals surface area contributed by atoms with Gasteiger partial charge in [0.2, 0.25) is 0 Å². The number of aryl methyl sites for hydroxylation is 1. The van der Waals surface area contributed by atoms with Crippen LogP contribution in [0.5, 0.6) is 0 Å². The summed E-state index contributed by atoms with van der Waals surface area (Å²) in [5.41, 5.74) is 11.1. The van der Waals surface area contributed by atoms with Gasteiger partial charge in [-0.05, 0) is 63.4 Å². The van der Waals surface area contributed by atoms with Gasteiger partial charge in [-0.25, -0.2) is 4.39 Å². The highest BCUT2D eigenvalue weighted by Crippen LogP contribution is 2.52. The van der Waals surface area contributed by atoms with Gasteiger partial charge in [0, 0.05) is 28.6 Å². The molecule has 2 aromatic rings. The van der Waals surface area contributed by atoms with Crippen LogP contribution in [0.15, 0.2) is 61.0 Å². The maximum absolute atomic E-state index is 14.2. The molecule has 1 aliphatic rings. The number of hydrogen-bond acceptors (Lipinski definition) is 3. The molecule has 1 saturated carbocycles. The monoisotopic (exact) mass is 413 g/mol. The fraction of sp³-hybridized carbons (Fsp3) is 0.333. The highest BCUT2D eigenvalue weighted by atomic mass is 35.5. The number of nitrogens with two attached hydrogens (primary N) is 1. The Balaban J connectivity index is 1.89. The Morgan fingerprint density at radius 1 is 1.21 bits per heavy atom. The second kappa shape index (κ2) is 7.42. The average molecular weight is 414 g/mol. The van der Waals surface area contributed by atoms with E-state index in [9.17, 15) is 4.39 Å². The highest BCUT2D eigenvalue weighted by Gasteiger charge is 2.50. The average Bonchev–Trinajstić information content (AvgIpc) is 3.26. The van der Waals surface area contributed by atoms with Crippen molar-refractivity contribution in [3.05, 3.63) is 66.5 Å². The number of hydrogen-bond donors (Lipinski definition) is 3. The number of allylic oxidation sites excluding steroid dienone is 2. The number of para-hydroxylation sites is 1. The first-order valence-electron chi connectivity index (χ1n) is 9.69. The second-order valence-corrected chi connectivity index (χ2v) is 9.42. The van der Waals surface area contributed by atoms with E-state index in [0.29, 0.717) is 11.4 Å². The summed E-state index contributed by atoms with van der Waals surface area (Å²) in [7, 11) is 0. The van der Waals surface area contributed by atoms with Crippen molar-refractivity contribution in [3.63, 3.8) is 0 Å². The molecule has 3 nitrogen and oxygen atoms in total. The van der Waals surface area contributed by atoms with Crippen molar-refractivity contribution in [2.45, 2.75) is 44.7 Å². The van der Waals surface area contributed by atoms with Crippen LogP contribution in [0.2, 0.25) is 0 Å². The van der Waals surface area contributed by atoms with Gasteiger partial charge < -0.3 is 16.4 Å². The molecule has 0 amide bonds. The van der Waals surface area contributed by atoms with Crippen LogP contribution < -0.4 is 16.4 Å². The minimum atomic E-state index is -1.55. The van der Waals surface area contributed by atoms with Crippen molar-refractivity contribution >= 4 is 28.7 Å². The molecule has 2 aromatic carbocycles. The van der Waals surface area contributed by atoms with Crippen molar-refractivity contribution in [2.75, 3.05) is 16.4 Å². The van der Waals surface area contributed by atoms with Gasteiger partial charge in [0.15, 0.2) is 0 Å². The lowest BCUT2D eigenvalue weighted by Crippen LogP contribution is -2.21. The molecule has 154 valence electrons. The lowest BCUT2D eigenvalue weighted by Gasteiger charge is -2.22. The third kappa shape index (κ3) is 4.59. The lowest BCUT2D eigenvalue weighted by molar-refractivity contribution is 0.271. The molecule has 4 N–H and O–H groups in total. The van der Waals surface area contributed by atoms with Crippen LogP contribution in [0, 0.1) is 12.8 Å². The quantitative estimate of drug-likeness (QED) is 0.343. The predicted molar refractivity (Wildman–Crippen MR) is 124 cm³/mol. The molecule has 1 fully saturated rings. The van der Waals surface area contributed by atoms with E-state index in [1.54, 1.807) is 0 Å². The Labute approximate surface area is 177 Å². The van der Waals surface area contributed by atoms with Crippen molar-refractivity contribution in [1.29, 1.82) is 0 Å². The maximum atomic E-state index is 14.2. The van der Waals surface area contributed by atoms with Crippen LogP contribution in [-0.4, -0.2) is 10.5 Å². The van der Waals surface area contributed by atoms with Crippen LogP contribution in [0.3, 0.4) is 0 Å². The molecule has 0 aliphatic heterocycles. The zero-order chi connectivity index (χ0) is 21.6. The van der Waals surface area contributed by atoms with Gasteiger partial charge >= 0.3 is 0 Å². The summed E-state index contributed by atoms with van der Waals surface area (Å²) >= 11 is 6.37. The van der Waals surface area contributed by atoms with Crippen molar-refractivity contribution in [2.24, 2.45) is 5.92 Å². The number of halogens is 2. The topological polar surface area (TPSA) is 50.1 Å². The normalized spacial score (nSPS) is 20.8. The van der Waals surface area contributed by atoms with Crippen LogP contribution in [0.4, 0.5) is 21.5 Å². The zero-order valence-electron chi connectivity index (χ0n) is 17.5. The summed E-state index contributed by atoms with van der Waals surface area (Å²) in [6, 6.07) is 11.8. The number of nitrogens with one attached hydrogen (secondary N) is 2. The molecule has 2 atom stereocenters. The standard InChI is InChI=1S/C24H29ClFN3/c1-14-10-11-17(28-15(2)20-13-24(20,6)25)12-19(14)18-8-7-9-21(22(18)27)29-16(3)23(4,5)26/h7-12,20,28-29H,2-3,13,27H2,1,4-6H3. The number of alkyl halides is 2. The third-order valence-electron chi connectivity index (χ3n) is 5.53. The summed E-state index contributed by atoms with van der Waals surface area (Å²) in [6.45, 7) is 14.9. The minimum absolute atomic E-state index is 0.200. The zero-order valence-corrected chi connectivity index (χ0v) is 18.3. The molecule has 2 unspecified atom stereocenters. The van der Waals surface area contributed by atoms with Crippen LogP contribution in [0.25, 0.3) is 11.1 Å². The fourth-order valence-electron chi connectivity index (χ4n) is 3.31. The molecule has 29 heavy (non-hydrogen) atoms. The maximum Gasteiger partial charge on any atom is 0.144 e. The number of rotatable bonds is 7. The first-order valence-corrected chi connectivity index (χ1v) is 10.1. The fourth-order valence-corrected chi connectivity index (χ4v) is 3.60. The molecule has 0 heterocycles. The van der Waals surface area contributed by atoms with Crippen LogP contribution >= 0.6 is 11.6 Å². The number of benzene rings is 2. The number of anilines is 3. The van der Waals surface area contributed by atoms with Gasteiger partial charge in [-0.3, -0.25) is 0 Å². The first kappa shape index (κ1) is 21.3. The van der Waals surface area contributed by atoms with E-state index in [4.69, 9.17) is 17.3 Å². The molecule has 1 aliphatic carbocycles. The molecule has 0 aromatic heterocycles. The largest absolute Gasteiger partial charge is 0.397 e. The first-order chi connectivity index (χ1) is 13.4. The van der Waals surface area contributed by atoms with E-state index in [-0.39, 0.29) is 16.5 Å². The Morgan fingerprint density at radius 3 is 2.45 bits per heavy atom. The molecule has 0 saturated heterocycles. The SMILES string of the molecule is C=C(Nc1ccc(C)c(-c2cccc(NC(=C)C(C)(C)F)c2N)c1)C1CC1(C)Cl. The highest BCUT2D eigenvalue weighted by molar-refractivity contribution is 6.26. The summed E-state index contributed by atoms with van der Waals surface area (Å²) in [6.07, 6.45) is 0.925. The van der Waals surface area contributed by atoms with Crippen molar-refractivity contribution in [1.82, 2.24) is 0 Å². The van der Waals surface area contributed by atoms with Gasteiger partial charge in [0.05, 0.1) is 16.2 Å². The molecule has 5 heteroatoms. The van der Waals surface area contributed by atoms with E-state index >= 15 is 0 Å². The molecule has 3 rings (SSSR count). The molecule has 0 radical (unpaired) electrons. The van der Waals surface area contributed by atoms with Crippen LogP contribution in [0.1, 0.15) is 32.8 Å². The van der Waals surface area contributed by atoms with Crippen molar-refractivity contribution in [3.8, 4) is 11.1 Å². The van der Waals surface area contributed by atoms with Gasteiger partial charge in [0.1, 0.15) is 5.67 Å². The van der Waals surface area contributed by atoms with E-state index in [0.717, 1.165) is 34.5 Å². The predicted octanol–water partition coefficient (Wildman–Crippen LogP) is 6.86. The second-order valence-electron chi connectivity index (χ2n) is 8.56. The molecular formula is C24H29ClFN3. The van der Waals surface area contributed by atoms with Gasteiger partial charge in [-0.1, -0.05) is 31.4 Å². The summed E-state index contributed by atoms with van der Waals surface area (Å²) in [5.74, 6) is 0.265. The van der Waals surface area contributed by atoms with Gasteiger partial charge in [0.25, 0.3) is 0 Å². The lowest BCUT2D eigenvalue weighted by atomic mass is 9.97.